The minimum atomic E-state index is -0.604. The molecule has 216 valence electrons. The van der Waals surface area contributed by atoms with Gasteiger partial charge in [0.25, 0.3) is 0 Å². The molecule has 0 spiro atoms. The Hall–Kier alpha value is -4.41. The SMILES string of the molecule is CCCOCn1cnc(-c2cc3nccc(Oc4ccc(CC(=O)CC(=O)Cc5ccccc5OC)cc4F)c3s2)c1. The fourth-order valence-corrected chi connectivity index (χ4v) is 5.51. The van der Waals surface area contributed by atoms with Crippen LogP contribution in [0.2, 0.25) is 0 Å². The average Bonchev–Trinajstić information content (AvgIpc) is 3.63. The molecule has 0 unspecified atom stereocenters. The molecule has 0 atom stereocenters. The first-order valence-corrected chi connectivity index (χ1v) is 14.3. The molecule has 42 heavy (non-hydrogen) atoms. The second-order valence-corrected chi connectivity index (χ2v) is 10.8. The van der Waals surface area contributed by atoms with Crippen LogP contribution in [0.1, 0.15) is 30.9 Å². The number of ketones is 2. The van der Waals surface area contributed by atoms with Gasteiger partial charge in [-0.2, -0.15) is 0 Å². The molecule has 0 amide bonds. The number of para-hydroxylation sites is 1. The topological polar surface area (TPSA) is 92.5 Å². The second-order valence-electron chi connectivity index (χ2n) is 9.73. The number of carbonyl (C=O) groups excluding carboxylic acids is 2. The van der Waals surface area contributed by atoms with Gasteiger partial charge in [-0.05, 0) is 36.2 Å². The summed E-state index contributed by atoms with van der Waals surface area (Å²) in [6, 6.07) is 15.2. The molecule has 5 aromatic rings. The first-order chi connectivity index (χ1) is 20.4. The van der Waals surface area contributed by atoms with Gasteiger partial charge in [-0.3, -0.25) is 14.6 Å². The van der Waals surface area contributed by atoms with E-state index < -0.39 is 5.82 Å². The summed E-state index contributed by atoms with van der Waals surface area (Å²) in [5, 5.41) is 0. The molecule has 0 fully saturated rings. The van der Waals surface area contributed by atoms with Crippen molar-refractivity contribution in [3.05, 3.63) is 90.3 Å². The van der Waals surface area contributed by atoms with Crippen molar-refractivity contribution in [3.63, 3.8) is 0 Å². The molecule has 8 nitrogen and oxygen atoms in total. The fraction of sp³-hybridized carbons (Fsp3) is 0.250. The predicted molar refractivity (Wildman–Crippen MR) is 159 cm³/mol. The Kier molecular flexibility index (Phi) is 9.35. The van der Waals surface area contributed by atoms with Gasteiger partial charge in [-0.15, -0.1) is 11.3 Å². The highest BCUT2D eigenvalue weighted by Gasteiger charge is 2.17. The number of methoxy groups -OCH3 is 1. The van der Waals surface area contributed by atoms with Crippen LogP contribution in [0.5, 0.6) is 17.2 Å². The van der Waals surface area contributed by atoms with Crippen LogP contribution in [0, 0.1) is 5.82 Å². The largest absolute Gasteiger partial charge is 0.496 e. The first kappa shape index (κ1) is 29.1. The van der Waals surface area contributed by atoms with E-state index in [1.54, 1.807) is 36.8 Å². The molecule has 10 heteroatoms. The molecule has 0 N–H and O–H groups in total. The van der Waals surface area contributed by atoms with Gasteiger partial charge >= 0.3 is 0 Å². The minimum absolute atomic E-state index is 0.0262. The summed E-state index contributed by atoms with van der Waals surface area (Å²) in [5.74, 6) is -0.0224. The average molecular weight is 588 g/mol. The molecular formula is C32H30FN3O5S. The molecule has 0 saturated heterocycles. The molecule has 0 aliphatic rings. The van der Waals surface area contributed by atoms with Crippen molar-refractivity contribution in [2.75, 3.05) is 13.7 Å². The van der Waals surface area contributed by atoms with Crippen molar-refractivity contribution in [3.8, 4) is 27.8 Å². The third-order valence-electron chi connectivity index (χ3n) is 6.44. The quantitative estimate of drug-likeness (QED) is 0.104. The Balaban J connectivity index is 1.23. The van der Waals surface area contributed by atoms with Crippen molar-refractivity contribution in [1.82, 2.24) is 14.5 Å². The lowest BCUT2D eigenvalue weighted by molar-refractivity contribution is -0.126. The molecule has 3 aromatic heterocycles. The van der Waals surface area contributed by atoms with Crippen LogP contribution in [0.15, 0.2) is 73.3 Å². The van der Waals surface area contributed by atoms with E-state index in [0.29, 0.717) is 35.9 Å². The predicted octanol–water partition coefficient (Wildman–Crippen LogP) is 6.80. The number of imidazole rings is 1. The lowest BCUT2D eigenvalue weighted by atomic mass is 10.0. The maximum atomic E-state index is 15.1. The highest BCUT2D eigenvalue weighted by Crippen LogP contribution is 2.39. The number of ether oxygens (including phenoxy) is 3. The van der Waals surface area contributed by atoms with E-state index in [1.807, 2.05) is 29.0 Å². The van der Waals surface area contributed by atoms with Gasteiger partial charge in [-0.25, -0.2) is 9.37 Å². The maximum absolute atomic E-state index is 15.1. The standard InChI is InChI=1S/C32H30FN3O5S/c1-3-12-40-20-36-18-27(35-19-36)31-17-26-32(42-31)30(10-11-34-26)41-29-9-8-21(14-25(29)33)13-23(37)16-24(38)15-22-6-4-5-7-28(22)39-2/h4-11,14,17-19H,3,12-13,15-16,20H2,1-2H3. The second kappa shape index (κ2) is 13.5. The van der Waals surface area contributed by atoms with E-state index in [-0.39, 0.29) is 36.6 Å². The van der Waals surface area contributed by atoms with Gasteiger partial charge in [-0.1, -0.05) is 31.2 Å². The zero-order valence-corrected chi connectivity index (χ0v) is 24.2. The van der Waals surface area contributed by atoms with Crippen LogP contribution in [-0.4, -0.2) is 39.8 Å². The zero-order valence-electron chi connectivity index (χ0n) is 23.3. The van der Waals surface area contributed by atoms with Gasteiger partial charge < -0.3 is 18.8 Å². The number of nitrogens with zero attached hydrogens (tertiary/aromatic N) is 3. The van der Waals surface area contributed by atoms with Gasteiger partial charge in [0, 0.05) is 43.5 Å². The monoisotopic (exact) mass is 587 g/mol. The summed E-state index contributed by atoms with van der Waals surface area (Å²) in [6.07, 6.45) is 5.98. The zero-order chi connectivity index (χ0) is 29.5. The molecule has 5 rings (SSSR count). The number of benzene rings is 2. The fourth-order valence-electron chi connectivity index (χ4n) is 4.48. The Bertz CT molecular complexity index is 1710. The number of aromatic nitrogens is 3. The van der Waals surface area contributed by atoms with Crippen molar-refractivity contribution in [2.45, 2.75) is 39.3 Å². The number of rotatable bonds is 14. The molecular weight excluding hydrogens is 557 g/mol. The summed E-state index contributed by atoms with van der Waals surface area (Å²) in [4.78, 5) is 34.8. The van der Waals surface area contributed by atoms with Gasteiger partial charge in [0.2, 0.25) is 0 Å². The van der Waals surface area contributed by atoms with Gasteiger partial charge in [0.05, 0.1) is 40.6 Å². The number of carbonyl (C=O) groups is 2. The Labute approximate surface area is 246 Å². The lowest BCUT2D eigenvalue weighted by Crippen LogP contribution is -2.13. The van der Waals surface area contributed by atoms with E-state index in [4.69, 9.17) is 14.2 Å². The maximum Gasteiger partial charge on any atom is 0.166 e. The molecule has 0 saturated carbocycles. The molecule has 3 heterocycles. The highest BCUT2D eigenvalue weighted by atomic mass is 32.1. The highest BCUT2D eigenvalue weighted by molar-refractivity contribution is 7.22. The molecule has 0 bridgehead atoms. The van der Waals surface area contributed by atoms with E-state index in [9.17, 15) is 9.59 Å². The minimum Gasteiger partial charge on any atom is -0.496 e. The van der Waals surface area contributed by atoms with Gasteiger partial charge in [0.15, 0.2) is 11.6 Å². The summed E-state index contributed by atoms with van der Waals surface area (Å²) in [7, 11) is 1.54. The molecule has 2 aromatic carbocycles. The number of halogens is 1. The lowest BCUT2D eigenvalue weighted by Gasteiger charge is -2.09. The van der Waals surface area contributed by atoms with E-state index in [1.165, 1.54) is 30.6 Å². The van der Waals surface area contributed by atoms with Crippen LogP contribution >= 0.6 is 11.3 Å². The van der Waals surface area contributed by atoms with Crippen molar-refractivity contribution in [1.29, 1.82) is 0 Å². The van der Waals surface area contributed by atoms with Crippen LogP contribution in [-0.2, 0) is 33.9 Å². The van der Waals surface area contributed by atoms with Crippen LogP contribution in [0.3, 0.4) is 0 Å². The number of Topliss-reactive ketones (excluding diaryl/α,β-unsaturated/α-hetero) is 2. The van der Waals surface area contributed by atoms with Crippen molar-refractivity contribution >= 4 is 33.1 Å². The van der Waals surface area contributed by atoms with E-state index in [0.717, 1.165) is 27.3 Å². The van der Waals surface area contributed by atoms with Crippen molar-refractivity contribution < 1.29 is 28.2 Å². The Morgan fingerprint density at radius 1 is 0.976 bits per heavy atom. The number of hydrogen-bond donors (Lipinski definition) is 0. The molecule has 0 aliphatic carbocycles. The summed E-state index contributed by atoms with van der Waals surface area (Å²) in [5.41, 5.74) is 2.68. The van der Waals surface area contributed by atoms with Crippen LogP contribution in [0.25, 0.3) is 20.8 Å². The Morgan fingerprint density at radius 3 is 2.62 bits per heavy atom. The Morgan fingerprint density at radius 2 is 1.81 bits per heavy atom. The molecule has 0 aliphatic heterocycles. The summed E-state index contributed by atoms with van der Waals surface area (Å²) in [6.45, 7) is 3.17. The smallest absolute Gasteiger partial charge is 0.166 e. The van der Waals surface area contributed by atoms with Crippen LogP contribution in [0.4, 0.5) is 4.39 Å². The van der Waals surface area contributed by atoms with E-state index in [2.05, 4.69) is 16.9 Å². The number of pyridine rings is 1. The van der Waals surface area contributed by atoms with Crippen molar-refractivity contribution in [2.24, 2.45) is 0 Å². The number of hydrogen-bond acceptors (Lipinski definition) is 8. The first-order valence-electron chi connectivity index (χ1n) is 13.5. The van der Waals surface area contributed by atoms with Gasteiger partial charge in [0.1, 0.15) is 29.8 Å². The third kappa shape index (κ3) is 7.07. The van der Waals surface area contributed by atoms with Crippen LogP contribution < -0.4 is 9.47 Å². The summed E-state index contributed by atoms with van der Waals surface area (Å²) >= 11 is 1.45. The number of thiophene rings is 1. The third-order valence-corrected chi connectivity index (χ3v) is 7.60. The van der Waals surface area contributed by atoms with E-state index >= 15 is 4.39 Å². The summed E-state index contributed by atoms with van der Waals surface area (Å²) < 4.78 is 34.5. The normalized spacial score (nSPS) is 11.1. The molecule has 0 radical (unpaired) electrons. The number of fused-ring (bicyclic) bond motifs is 1.